The largest absolute Gasteiger partial charge is 0.340 e. The van der Waals surface area contributed by atoms with Crippen molar-refractivity contribution in [1.29, 1.82) is 10.5 Å². The van der Waals surface area contributed by atoms with Crippen LogP contribution in [0.15, 0.2) is 0 Å². The molecule has 0 bridgehead atoms. The first kappa shape index (κ1) is 14.4. The van der Waals surface area contributed by atoms with Gasteiger partial charge in [0.2, 0.25) is 5.91 Å². The van der Waals surface area contributed by atoms with Gasteiger partial charge in [0.15, 0.2) is 0 Å². The van der Waals surface area contributed by atoms with Crippen molar-refractivity contribution >= 4 is 5.91 Å². The number of amides is 1. The lowest BCUT2D eigenvalue weighted by molar-refractivity contribution is -0.130. The molecule has 0 rings (SSSR count). The van der Waals surface area contributed by atoms with Crippen LogP contribution in [0.2, 0.25) is 0 Å². The highest BCUT2D eigenvalue weighted by atomic mass is 16.2. The number of hydrogen-bond donors (Lipinski definition) is 1. The number of hydrogen-bond acceptors (Lipinski definition) is 4. The second-order valence-electron chi connectivity index (χ2n) is 3.37. The van der Waals surface area contributed by atoms with Crippen molar-refractivity contribution in [2.24, 2.45) is 0 Å². The van der Waals surface area contributed by atoms with Gasteiger partial charge >= 0.3 is 0 Å². The maximum Gasteiger partial charge on any atom is 0.236 e. The van der Waals surface area contributed by atoms with Gasteiger partial charge in [-0.15, -0.1) is 0 Å². The van der Waals surface area contributed by atoms with E-state index < -0.39 is 0 Å². The third-order valence-electron chi connectivity index (χ3n) is 2.04. The van der Waals surface area contributed by atoms with Gasteiger partial charge in [-0.3, -0.25) is 4.79 Å². The molecule has 0 spiro atoms. The zero-order valence-electron chi connectivity index (χ0n) is 9.70. The third kappa shape index (κ3) is 6.80. The summed E-state index contributed by atoms with van der Waals surface area (Å²) in [6.07, 6.45) is 1.60. The van der Waals surface area contributed by atoms with E-state index in [0.717, 1.165) is 13.0 Å². The van der Waals surface area contributed by atoms with Crippen molar-refractivity contribution < 1.29 is 4.79 Å². The minimum atomic E-state index is -0.0426. The van der Waals surface area contributed by atoms with Crippen LogP contribution < -0.4 is 5.32 Å². The Bertz CT molecular complexity index is 259. The fourth-order valence-electron chi connectivity index (χ4n) is 1.22. The van der Waals surface area contributed by atoms with Crippen molar-refractivity contribution in [2.75, 3.05) is 26.2 Å². The SMILES string of the molecule is CCCNCC(=O)N(CCC#N)CCC#N. The Morgan fingerprint density at radius 3 is 2.25 bits per heavy atom. The summed E-state index contributed by atoms with van der Waals surface area (Å²) in [4.78, 5) is 13.2. The molecule has 0 aliphatic carbocycles. The van der Waals surface area contributed by atoms with E-state index in [4.69, 9.17) is 10.5 Å². The van der Waals surface area contributed by atoms with Crippen molar-refractivity contribution in [3.63, 3.8) is 0 Å². The maximum absolute atomic E-state index is 11.7. The number of carbonyl (C=O) groups excluding carboxylic acids is 1. The van der Waals surface area contributed by atoms with Crippen molar-refractivity contribution in [3.8, 4) is 12.1 Å². The van der Waals surface area contributed by atoms with E-state index in [9.17, 15) is 4.79 Å². The highest BCUT2D eigenvalue weighted by molar-refractivity contribution is 5.78. The van der Waals surface area contributed by atoms with Crippen LogP contribution in [0.1, 0.15) is 26.2 Å². The first-order valence-corrected chi connectivity index (χ1v) is 5.48. The fourth-order valence-corrected chi connectivity index (χ4v) is 1.22. The Kier molecular flexibility index (Phi) is 8.96. The van der Waals surface area contributed by atoms with Crippen LogP contribution in [0.4, 0.5) is 0 Å². The van der Waals surface area contributed by atoms with E-state index in [0.29, 0.717) is 25.9 Å². The standard InChI is InChI=1S/C11H18N4O/c1-2-7-14-10-11(16)15(8-3-5-12)9-4-6-13/h14H,2-4,7-10H2,1H3. The predicted molar refractivity (Wildman–Crippen MR) is 60.2 cm³/mol. The number of nitriles is 2. The van der Waals surface area contributed by atoms with Crippen LogP contribution >= 0.6 is 0 Å². The molecule has 0 saturated heterocycles. The second-order valence-corrected chi connectivity index (χ2v) is 3.37. The molecule has 88 valence electrons. The number of carbonyl (C=O) groups is 1. The molecule has 1 N–H and O–H groups in total. The van der Waals surface area contributed by atoms with Gasteiger partial charge in [0.05, 0.1) is 31.5 Å². The van der Waals surface area contributed by atoms with E-state index in [2.05, 4.69) is 5.32 Å². The fraction of sp³-hybridized carbons (Fsp3) is 0.727. The molecule has 16 heavy (non-hydrogen) atoms. The van der Waals surface area contributed by atoms with E-state index in [1.54, 1.807) is 4.90 Å². The van der Waals surface area contributed by atoms with Crippen LogP contribution in [0.25, 0.3) is 0 Å². The van der Waals surface area contributed by atoms with Gasteiger partial charge in [-0.1, -0.05) is 6.92 Å². The van der Waals surface area contributed by atoms with Crippen molar-refractivity contribution in [2.45, 2.75) is 26.2 Å². The van der Waals surface area contributed by atoms with Gasteiger partial charge in [-0.05, 0) is 13.0 Å². The molecule has 0 aliphatic heterocycles. The summed E-state index contributed by atoms with van der Waals surface area (Å²) in [5.74, 6) is -0.0426. The smallest absolute Gasteiger partial charge is 0.236 e. The summed E-state index contributed by atoms with van der Waals surface area (Å²) >= 11 is 0. The summed E-state index contributed by atoms with van der Waals surface area (Å²) in [5.41, 5.74) is 0. The van der Waals surface area contributed by atoms with Gasteiger partial charge < -0.3 is 10.2 Å². The van der Waals surface area contributed by atoms with Crippen LogP contribution in [0, 0.1) is 22.7 Å². The Morgan fingerprint density at radius 2 is 1.81 bits per heavy atom. The Labute approximate surface area is 96.6 Å². The quantitative estimate of drug-likeness (QED) is 0.611. The summed E-state index contributed by atoms with van der Waals surface area (Å²) in [5, 5.41) is 19.9. The topological polar surface area (TPSA) is 79.9 Å². The lowest BCUT2D eigenvalue weighted by Crippen LogP contribution is -2.39. The van der Waals surface area contributed by atoms with Crippen LogP contribution in [-0.2, 0) is 4.79 Å². The van der Waals surface area contributed by atoms with Crippen LogP contribution in [0.5, 0.6) is 0 Å². The highest BCUT2D eigenvalue weighted by Gasteiger charge is 2.11. The lowest BCUT2D eigenvalue weighted by atomic mass is 10.3. The summed E-state index contributed by atoms with van der Waals surface area (Å²) in [6.45, 7) is 3.93. The predicted octanol–water partition coefficient (Wildman–Crippen LogP) is 0.642. The van der Waals surface area contributed by atoms with Crippen molar-refractivity contribution in [3.05, 3.63) is 0 Å². The first-order chi connectivity index (χ1) is 7.76. The Balaban J connectivity index is 4.00. The monoisotopic (exact) mass is 222 g/mol. The zero-order valence-corrected chi connectivity index (χ0v) is 9.70. The molecular weight excluding hydrogens is 204 g/mol. The molecular formula is C11H18N4O. The van der Waals surface area contributed by atoms with Gasteiger partial charge in [0.25, 0.3) is 0 Å². The molecule has 0 aliphatic rings. The first-order valence-electron chi connectivity index (χ1n) is 5.48. The Hall–Kier alpha value is -1.59. The van der Waals surface area contributed by atoms with E-state index in [-0.39, 0.29) is 12.5 Å². The minimum absolute atomic E-state index is 0.0426. The second kappa shape index (κ2) is 9.95. The molecule has 0 radical (unpaired) electrons. The Morgan fingerprint density at radius 1 is 1.25 bits per heavy atom. The van der Waals surface area contributed by atoms with E-state index >= 15 is 0 Å². The van der Waals surface area contributed by atoms with Gasteiger partial charge in [0.1, 0.15) is 0 Å². The van der Waals surface area contributed by atoms with Crippen LogP contribution in [-0.4, -0.2) is 37.0 Å². The minimum Gasteiger partial charge on any atom is -0.340 e. The average molecular weight is 222 g/mol. The molecule has 0 heterocycles. The van der Waals surface area contributed by atoms with E-state index in [1.807, 2.05) is 19.1 Å². The molecule has 0 unspecified atom stereocenters. The third-order valence-corrected chi connectivity index (χ3v) is 2.04. The molecule has 0 aromatic rings. The summed E-state index contributed by atoms with van der Waals surface area (Å²) < 4.78 is 0. The molecule has 0 aromatic heterocycles. The lowest BCUT2D eigenvalue weighted by Gasteiger charge is -2.20. The van der Waals surface area contributed by atoms with Gasteiger partial charge in [0, 0.05) is 13.1 Å². The summed E-state index contributed by atoms with van der Waals surface area (Å²) in [6, 6.07) is 4.00. The molecule has 5 nitrogen and oxygen atoms in total. The average Bonchev–Trinajstić information content (AvgIpc) is 2.29. The number of nitrogens with one attached hydrogen (secondary N) is 1. The van der Waals surface area contributed by atoms with E-state index in [1.165, 1.54) is 0 Å². The molecule has 0 saturated carbocycles. The zero-order chi connectivity index (χ0) is 12.2. The van der Waals surface area contributed by atoms with Gasteiger partial charge in [-0.25, -0.2) is 0 Å². The maximum atomic E-state index is 11.7. The highest BCUT2D eigenvalue weighted by Crippen LogP contribution is 1.94. The molecule has 0 atom stereocenters. The summed E-state index contributed by atoms with van der Waals surface area (Å²) in [7, 11) is 0. The van der Waals surface area contributed by atoms with Crippen LogP contribution in [0.3, 0.4) is 0 Å². The van der Waals surface area contributed by atoms with Gasteiger partial charge in [-0.2, -0.15) is 10.5 Å². The molecule has 0 aromatic carbocycles. The molecule has 5 heteroatoms. The molecule has 0 fully saturated rings. The molecule has 1 amide bonds. The number of nitrogens with zero attached hydrogens (tertiary/aromatic N) is 3. The number of rotatable bonds is 8. The normalized spacial score (nSPS) is 9.19. The van der Waals surface area contributed by atoms with Crippen molar-refractivity contribution in [1.82, 2.24) is 10.2 Å².